The number of ether oxygens (including phenoxy) is 2. The van der Waals surface area contributed by atoms with Crippen LogP contribution >= 0.6 is 12.6 Å². The van der Waals surface area contributed by atoms with Crippen LogP contribution in [-0.2, 0) is 0 Å². The summed E-state index contributed by atoms with van der Waals surface area (Å²) in [4.78, 5) is 15.0. The van der Waals surface area contributed by atoms with Crippen molar-refractivity contribution in [1.29, 1.82) is 0 Å². The predicted molar refractivity (Wildman–Crippen MR) is 178 cm³/mol. The van der Waals surface area contributed by atoms with Crippen LogP contribution in [0.15, 0.2) is 54.6 Å². The third kappa shape index (κ3) is 8.57. The van der Waals surface area contributed by atoms with Gasteiger partial charge in [-0.15, -0.1) is 0 Å². The van der Waals surface area contributed by atoms with Crippen molar-refractivity contribution in [1.82, 2.24) is 15.0 Å². The molecule has 42 heavy (non-hydrogen) atoms. The molecule has 0 atom stereocenters. The average molecular weight is 584 g/mol. The van der Waals surface area contributed by atoms with Crippen molar-refractivity contribution in [3.63, 3.8) is 0 Å². The van der Waals surface area contributed by atoms with Crippen LogP contribution in [0.5, 0.6) is 11.5 Å². The second-order valence-electron chi connectivity index (χ2n) is 11.1. The van der Waals surface area contributed by atoms with E-state index in [1.165, 1.54) is 43.2 Å². The Morgan fingerprint density at radius 2 is 1.10 bits per heavy atom. The van der Waals surface area contributed by atoms with Crippen LogP contribution < -0.4 is 9.47 Å². The van der Waals surface area contributed by atoms with Crippen molar-refractivity contribution in [3.05, 3.63) is 76.9 Å². The first-order valence-electron chi connectivity index (χ1n) is 15.3. The van der Waals surface area contributed by atoms with Gasteiger partial charge in [0, 0.05) is 17.2 Å². The number of aromatic nitrogens is 3. The summed E-state index contributed by atoms with van der Waals surface area (Å²) in [6.45, 7) is 11.9. The van der Waals surface area contributed by atoms with Gasteiger partial charge in [0.15, 0.2) is 17.5 Å². The molecular weight excluding hydrogens is 538 g/mol. The summed E-state index contributed by atoms with van der Waals surface area (Å²) in [5.41, 5.74) is 7.47. The van der Waals surface area contributed by atoms with Crippen molar-refractivity contribution >= 4 is 12.6 Å². The zero-order valence-corrected chi connectivity index (χ0v) is 26.8. The van der Waals surface area contributed by atoms with E-state index >= 15 is 0 Å². The Bertz CT molecular complexity index is 1400. The standard InChI is InChI=1S/C36H45N3O2S/c1-6-7-8-9-10-11-19-40-29-15-18-32(33(24-29)41-20-12-21-42)36-38-34(30-16-13-25(2)22-27(30)4)37-35(39-36)31-17-14-26(3)23-28(31)5/h13-18,22-24,42H,6-12,19-21H2,1-5H3. The van der Waals surface area contributed by atoms with Gasteiger partial charge in [0.25, 0.3) is 0 Å². The molecule has 0 aliphatic heterocycles. The first-order chi connectivity index (χ1) is 20.4. The van der Waals surface area contributed by atoms with Gasteiger partial charge in [-0.1, -0.05) is 86.6 Å². The number of unbranched alkanes of at least 4 members (excludes halogenated alkanes) is 5. The van der Waals surface area contributed by atoms with Crippen molar-refractivity contribution in [2.45, 2.75) is 79.6 Å². The van der Waals surface area contributed by atoms with Crippen molar-refractivity contribution in [2.75, 3.05) is 19.0 Å². The summed E-state index contributed by atoms with van der Waals surface area (Å²) in [6, 6.07) is 18.7. The SMILES string of the molecule is CCCCCCCCOc1ccc(-c2nc(-c3ccc(C)cc3C)nc(-c3ccc(C)cc3C)n2)c(OCCCS)c1. The molecule has 0 saturated carbocycles. The van der Waals surface area contributed by atoms with E-state index in [1.54, 1.807) is 0 Å². The first kappa shape index (κ1) is 31.6. The van der Waals surface area contributed by atoms with Crippen molar-refractivity contribution in [3.8, 4) is 45.7 Å². The van der Waals surface area contributed by atoms with E-state index in [0.717, 1.165) is 52.2 Å². The molecule has 0 bridgehead atoms. The Labute approximate surface area is 257 Å². The quantitative estimate of drug-likeness (QED) is 0.112. The van der Waals surface area contributed by atoms with Crippen LogP contribution in [-0.4, -0.2) is 33.9 Å². The zero-order valence-electron chi connectivity index (χ0n) is 25.9. The maximum Gasteiger partial charge on any atom is 0.167 e. The molecule has 4 aromatic rings. The van der Waals surface area contributed by atoms with Crippen LogP contribution in [0.3, 0.4) is 0 Å². The van der Waals surface area contributed by atoms with Gasteiger partial charge in [-0.05, 0) is 69.5 Å². The molecule has 5 nitrogen and oxygen atoms in total. The number of hydrogen-bond donors (Lipinski definition) is 1. The zero-order chi connectivity index (χ0) is 29.9. The molecule has 4 rings (SSSR count). The van der Waals surface area contributed by atoms with E-state index < -0.39 is 0 Å². The number of thiol groups is 1. The van der Waals surface area contributed by atoms with Crippen LogP contribution in [0.4, 0.5) is 0 Å². The summed E-state index contributed by atoms with van der Waals surface area (Å²) in [5.74, 6) is 4.14. The summed E-state index contributed by atoms with van der Waals surface area (Å²) < 4.78 is 12.4. The minimum atomic E-state index is 0.552. The fourth-order valence-corrected chi connectivity index (χ4v) is 5.21. The third-order valence-corrected chi connectivity index (χ3v) is 7.72. The molecular formula is C36H45N3O2S. The molecule has 3 aromatic carbocycles. The minimum Gasteiger partial charge on any atom is -0.493 e. The number of nitrogens with zero attached hydrogens (tertiary/aromatic N) is 3. The highest BCUT2D eigenvalue weighted by Gasteiger charge is 2.18. The molecule has 0 radical (unpaired) electrons. The fraction of sp³-hybridized carbons (Fsp3) is 0.417. The Balaban J connectivity index is 1.72. The second kappa shape index (κ2) is 15.7. The lowest BCUT2D eigenvalue weighted by atomic mass is 10.0. The largest absolute Gasteiger partial charge is 0.493 e. The van der Waals surface area contributed by atoms with Gasteiger partial charge in [-0.2, -0.15) is 12.6 Å². The van der Waals surface area contributed by atoms with E-state index in [0.29, 0.717) is 36.4 Å². The van der Waals surface area contributed by atoms with Crippen LogP contribution in [0.2, 0.25) is 0 Å². The van der Waals surface area contributed by atoms with Crippen molar-refractivity contribution < 1.29 is 9.47 Å². The average Bonchev–Trinajstić information content (AvgIpc) is 2.97. The second-order valence-corrected chi connectivity index (χ2v) is 11.6. The lowest BCUT2D eigenvalue weighted by Crippen LogP contribution is -2.05. The summed E-state index contributed by atoms with van der Waals surface area (Å²) in [5, 5.41) is 0. The molecule has 0 N–H and O–H groups in total. The van der Waals surface area contributed by atoms with Gasteiger partial charge in [0.2, 0.25) is 0 Å². The van der Waals surface area contributed by atoms with Gasteiger partial charge < -0.3 is 9.47 Å². The first-order valence-corrected chi connectivity index (χ1v) is 15.9. The molecule has 0 aliphatic rings. The van der Waals surface area contributed by atoms with E-state index in [1.807, 2.05) is 18.2 Å². The lowest BCUT2D eigenvalue weighted by Gasteiger charge is -2.15. The Morgan fingerprint density at radius 1 is 0.571 bits per heavy atom. The Kier molecular flexibility index (Phi) is 11.8. The summed E-state index contributed by atoms with van der Waals surface area (Å²) in [6.07, 6.45) is 8.21. The van der Waals surface area contributed by atoms with Gasteiger partial charge in [0.05, 0.1) is 18.8 Å². The predicted octanol–water partition coefficient (Wildman–Crippen LogP) is 9.54. The van der Waals surface area contributed by atoms with Gasteiger partial charge >= 0.3 is 0 Å². The maximum atomic E-state index is 6.29. The molecule has 0 spiro atoms. The molecule has 0 aliphatic carbocycles. The monoisotopic (exact) mass is 583 g/mol. The van der Waals surface area contributed by atoms with Crippen molar-refractivity contribution in [2.24, 2.45) is 0 Å². The third-order valence-electron chi connectivity index (χ3n) is 7.40. The number of benzene rings is 3. The highest BCUT2D eigenvalue weighted by atomic mass is 32.1. The van der Waals surface area contributed by atoms with E-state index in [4.69, 9.17) is 24.4 Å². The van der Waals surface area contributed by atoms with Crippen LogP contribution in [0.1, 0.15) is 74.1 Å². The van der Waals surface area contributed by atoms with Crippen LogP contribution in [0, 0.1) is 27.7 Å². The fourth-order valence-electron chi connectivity index (χ4n) is 5.08. The topological polar surface area (TPSA) is 57.1 Å². The molecule has 0 amide bonds. The lowest BCUT2D eigenvalue weighted by molar-refractivity contribution is 0.295. The number of rotatable bonds is 15. The molecule has 0 unspecified atom stereocenters. The highest BCUT2D eigenvalue weighted by Crippen LogP contribution is 2.35. The van der Waals surface area contributed by atoms with E-state index in [9.17, 15) is 0 Å². The number of hydrogen-bond acceptors (Lipinski definition) is 6. The van der Waals surface area contributed by atoms with Crippen LogP contribution in [0.25, 0.3) is 34.2 Å². The smallest absolute Gasteiger partial charge is 0.167 e. The normalized spacial score (nSPS) is 11.1. The molecule has 1 heterocycles. The van der Waals surface area contributed by atoms with Gasteiger partial charge in [-0.3, -0.25) is 0 Å². The Hall–Kier alpha value is -3.38. The highest BCUT2D eigenvalue weighted by molar-refractivity contribution is 7.80. The summed E-state index contributed by atoms with van der Waals surface area (Å²) >= 11 is 4.37. The molecule has 0 fully saturated rings. The molecule has 1 aromatic heterocycles. The minimum absolute atomic E-state index is 0.552. The molecule has 0 saturated heterocycles. The Morgan fingerprint density at radius 3 is 1.67 bits per heavy atom. The van der Waals surface area contributed by atoms with E-state index in [2.05, 4.69) is 83.6 Å². The van der Waals surface area contributed by atoms with Gasteiger partial charge in [0.1, 0.15) is 11.5 Å². The maximum absolute atomic E-state index is 6.29. The molecule has 6 heteroatoms. The van der Waals surface area contributed by atoms with Gasteiger partial charge in [-0.25, -0.2) is 15.0 Å². The summed E-state index contributed by atoms with van der Waals surface area (Å²) in [7, 11) is 0. The number of aryl methyl sites for hydroxylation is 4. The molecule has 222 valence electrons. The van der Waals surface area contributed by atoms with E-state index in [-0.39, 0.29) is 0 Å².